The van der Waals surface area contributed by atoms with Gasteiger partial charge in [-0.3, -0.25) is 9.59 Å². The molecule has 1 aromatic carbocycles. The van der Waals surface area contributed by atoms with Gasteiger partial charge in [0, 0.05) is 31.7 Å². The van der Waals surface area contributed by atoms with Gasteiger partial charge in [0.05, 0.1) is 6.10 Å². The molecule has 4 N–H and O–H groups in total. The number of nitrogens with one attached hydrogen (secondary N) is 2. The summed E-state index contributed by atoms with van der Waals surface area (Å²) >= 11 is 0. The van der Waals surface area contributed by atoms with Gasteiger partial charge >= 0.3 is 0 Å². The Bertz CT molecular complexity index is 534. The zero-order valence-corrected chi connectivity index (χ0v) is 14.6. The number of hydrogen-bond donors (Lipinski definition) is 3. The van der Waals surface area contributed by atoms with Crippen molar-refractivity contribution in [3.8, 4) is 0 Å². The van der Waals surface area contributed by atoms with Crippen molar-refractivity contribution in [3.05, 3.63) is 35.4 Å². The van der Waals surface area contributed by atoms with Crippen molar-refractivity contribution in [3.63, 3.8) is 0 Å². The summed E-state index contributed by atoms with van der Waals surface area (Å²) in [5, 5.41) is 5.73. The Labute approximate surface area is 148 Å². The highest BCUT2D eigenvalue weighted by atomic mass is 35.5. The van der Waals surface area contributed by atoms with Crippen molar-refractivity contribution in [2.75, 3.05) is 19.7 Å². The molecule has 24 heavy (non-hydrogen) atoms. The first-order valence-electron chi connectivity index (χ1n) is 8.14. The maximum absolute atomic E-state index is 12.2. The van der Waals surface area contributed by atoms with E-state index in [1.54, 1.807) is 12.1 Å². The van der Waals surface area contributed by atoms with Gasteiger partial charge < -0.3 is 21.1 Å². The summed E-state index contributed by atoms with van der Waals surface area (Å²) < 4.78 is 5.49. The fraction of sp³-hybridized carbons (Fsp3) is 0.529. The molecule has 0 saturated carbocycles. The van der Waals surface area contributed by atoms with Crippen LogP contribution in [0, 0.1) is 0 Å². The molecule has 1 atom stereocenters. The second-order valence-corrected chi connectivity index (χ2v) is 5.71. The molecule has 6 nitrogen and oxygen atoms in total. The first-order valence-corrected chi connectivity index (χ1v) is 8.14. The number of nitrogens with two attached hydrogens (primary N) is 1. The number of hydrogen-bond acceptors (Lipinski definition) is 4. The molecule has 0 aliphatic carbocycles. The smallest absolute Gasteiger partial charge is 0.251 e. The minimum atomic E-state index is -0.114. The highest BCUT2D eigenvalue weighted by Crippen LogP contribution is 2.11. The van der Waals surface area contributed by atoms with Gasteiger partial charge in [-0.1, -0.05) is 12.1 Å². The normalized spacial score (nSPS) is 16.3. The minimum absolute atomic E-state index is 0. The van der Waals surface area contributed by atoms with Crippen molar-refractivity contribution in [2.45, 2.75) is 38.3 Å². The maximum Gasteiger partial charge on any atom is 0.251 e. The van der Waals surface area contributed by atoms with Crippen molar-refractivity contribution < 1.29 is 14.3 Å². The largest absolute Gasteiger partial charge is 0.376 e. The van der Waals surface area contributed by atoms with Crippen LogP contribution >= 0.6 is 12.4 Å². The Morgan fingerprint density at radius 1 is 1.29 bits per heavy atom. The van der Waals surface area contributed by atoms with Gasteiger partial charge in [0.15, 0.2) is 0 Å². The van der Waals surface area contributed by atoms with E-state index < -0.39 is 0 Å². The average molecular weight is 356 g/mol. The first kappa shape index (κ1) is 20.4. The molecule has 0 bridgehead atoms. The molecular weight excluding hydrogens is 330 g/mol. The van der Waals surface area contributed by atoms with Crippen LogP contribution in [0.1, 0.15) is 41.6 Å². The minimum Gasteiger partial charge on any atom is -0.376 e. The van der Waals surface area contributed by atoms with Crippen LogP contribution in [-0.2, 0) is 16.1 Å². The molecule has 0 aromatic heterocycles. The zero-order valence-electron chi connectivity index (χ0n) is 13.8. The molecule has 1 aliphatic rings. The number of benzene rings is 1. The van der Waals surface area contributed by atoms with Gasteiger partial charge in [0.25, 0.3) is 5.91 Å². The third-order valence-corrected chi connectivity index (χ3v) is 3.80. The van der Waals surface area contributed by atoms with Crippen molar-refractivity contribution in [2.24, 2.45) is 5.73 Å². The molecule has 2 rings (SSSR count). The Morgan fingerprint density at radius 2 is 2.12 bits per heavy atom. The van der Waals surface area contributed by atoms with Crippen LogP contribution < -0.4 is 16.4 Å². The lowest BCUT2D eigenvalue weighted by molar-refractivity contribution is -0.121. The molecule has 1 aromatic rings. The van der Waals surface area contributed by atoms with Gasteiger partial charge in [-0.05, 0) is 43.5 Å². The average Bonchev–Trinajstić information content (AvgIpc) is 3.09. The maximum atomic E-state index is 12.2. The predicted octanol–water partition coefficient (Wildman–Crippen LogP) is 1.37. The third kappa shape index (κ3) is 6.86. The molecule has 0 radical (unpaired) electrons. The predicted molar refractivity (Wildman–Crippen MR) is 95.1 cm³/mol. The van der Waals surface area contributed by atoms with Crippen molar-refractivity contribution >= 4 is 24.2 Å². The van der Waals surface area contributed by atoms with E-state index in [1.165, 1.54) is 0 Å². The van der Waals surface area contributed by atoms with E-state index in [-0.39, 0.29) is 30.3 Å². The van der Waals surface area contributed by atoms with Crippen LogP contribution in [0.15, 0.2) is 24.3 Å². The standard InChI is InChI=1S/C17H25N3O3.ClH/c18-8-2-7-16(21)19-11-13-4-1-5-14(10-13)17(22)20-12-15-6-3-9-23-15;/h1,4-5,10,15H,2-3,6-9,11-12,18H2,(H,19,21)(H,20,22);1H. The number of carbonyl (C=O) groups is 2. The Morgan fingerprint density at radius 3 is 2.83 bits per heavy atom. The lowest BCUT2D eigenvalue weighted by atomic mass is 10.1. The molecule has 0 spiro atoms. The Balaban J connectivity index is 0.00000288. The number of rotatable bonds is 8. The zero-order chi connectivity index (χ0) is 16.5. The number of halogens is 1. The molecule has 1 aliphatic heterocycles. The lowest BCUT2D eigenvalue weighted by Gasteiger charge is -2.11. The lowest BCUT2D eigenvalue weighted by Crippen LogP contribution is -2.31. The van der Waals surface area contributed by atoms with Crippen LogP contribution in [0.2, 0.25) is 0 Å². The van der Waals surface area contributed by atoms with Gasteiger partial charge in [0.2, 0.25) is 5.91 Å². The molecule has 2 amide bonds. The summed E-state index contributed by atoms with van der Waals surface area (Å²) in [6.07, 6.45) is 3.29. The van der Waals surface area contributed by atoms with Crippen LogP contribution in [0.25, 0.3) is 0 Å². The van der Waals surface area contributed by atoms with E-state index in [1.807, 2.05) is 12.1 Å². The molecule has 1 heterocycles. The van der Waals surface area contributed by atoms with Gasteiger partial charge in [-0.15, -0.1) is 12.4 Å². The van der Waals surface area contributed by atoms with Crippen LogP contribution in [0.4, 0.5) is 0 Å². The Hall–Kier alpha value is -1.63. The fourth-order valence-electron chi connectivity index (χ4n) is 2.49. The SMILES string of the molecule is Cl.NCCCC(=O)NCc1cccc(C(=O)NCC2CCCO2)c1. The van der Waals surface area contributed by atoms with Gasteiger partial charge in [0.1, 0.15) is 0 Å². The molecular formula is C17H26ClN3O3. The monoisotopic (exact) mass is 355 g/mol. The fourth-order valence-corrected chi connectivity index (χ4v) is 2.49. The first-order chi connectivity index (χ1) is 11.2. The van der Waals surface area contributed by atoms with E-state index in [0.29, 0.717) is 38.0 Å². The second kappa shape index (κ2) is 11.0. The Kier molecular flexibility index (Phi) is 9.37. The highest BCUT2D eigenvalue weighted by Gasteiger charge is 2.16. The van der Waals surface area contributed by atoms with Crippen molar-refractivity contribution in [1.82, 2.24) is 10.6 Å². The highest BCUT2D eigenvalue weighted by molar-refractivity contribution is 5.94. The van der Waals surface area contributed by atoms with Crippen LogP contribution in [0.3, 0.4) is 0 Å². The number of ether oxygens (including phenoxy) is 1. The molecule has 7 heteroatoms. The summed E-state index contributed by atoms with van der Waals surface area (Å²) in [6.45, 7) is 2.24. The summed E-state index contributed by atoms with van der Waals surface area (Å²) in [5.74, 6) is -0.138. The molecule has 1 fully saturated rings. The summed E-state index contributed by atoms with van der Waals surface area (Å²) in [6, 6.07) is 7.28. The van der Waals surface area contributed by atoms with E-state index >= 15 is 0 Å². The van der Waals surface area contributed by atoms with Crippen LogP contribution in [0.5, 0.6) is 0 Å². The third-order valence-electron chi connectivity index (χ3n) is 3.80. The molecule has 1 unspecified atom stereocenters. The molecule has 134 valence electrons. The number of carbonyl (C=O) groups excluding carboxylic acids is 2. The van der Waals surface area contributed by atoms with Crippen molar-refractivity contribution in [1.29, 1.82) is 0 Å². The summed E-state index contributed by atoms with van der Waals surface area (Å²) in [5.41, 5.74) is 6.87. The van der Waals surface area contributed by atoms with E-state index in [0.717, 1.165) is 25.0 Å². The summed E-state index contributed by atoms with van der Waals surface area (Å²) in [7, 11) is 0. The topological polar surface area (TPSA) is 93.5 Å². The van der Waals surface area contributed by atoms with Gasteiger partial charge in [-0.25, -0.2) is 0 Å². The van der Waals surface area contributed by atoms with E-state index in [4.69, 9.17) is 10.5 Å². The number of amides is 2. The van der Waals surface area contributed by atoms with Crippen LogP contribution in [-0.4, -0.2) is 37.6 Å². The summed E-state index contributed by atoms with van der Waals surface area (Å²) in [4.78, 5) is 23.7. The van der Waals surface area contributed by atoms with E-state index in [2.05, 4.69) is 10.6 Å². The molecule has 1 saturated heterocycles. The second-order valence-electron chi connectivity index (χ2n) is 5.71. The van der Waals surface area contributed by atoms with Gasteiger partial charge in [-0.2, -0.15) is 0 Å². The quantitative estimate of drug-likeness (QED) is 0.656. The van der Waals surface area contributed by atoms with E-state index in [9.17, 15) is 9.59 Å².